The number of carbonyl (C=O) groups is 1. The third kappa shape index (κ3) is 4.11. The van der Waals surface area contributed by atoms with Gasteiger partial charge in [0.15, 0.2) is 5.76 Å². The van der Waals surface area contributed by atoms with Gasteiger partial charge < -0.3 is 15.3 Å². The Morgan fingerprint density at radius 1 is 1.47 bits per heavy atom. The minimum Gasteiger partial charge on any atom is -0.505 e. The van der Waals surface area contributed by atoms with Crippen LogP contribution in [0.15, 0.2) is 20.9 Å². The summed E-state index contributed by atoms with van der Waals surface area (Å²) in [5.41, 5.74) is -0.416. The zero-order valence-corrected chi connectivity index (χ0v) is 9.95. The normalized spacial score (nSPS) is 11.5. The highest BCUT2D eigenvalue weighted by atomic mass is 35.5. The van der Waals surface area contributed by atoms with E-state index in [2.05, 4.69) is 4.74 Å². The average molecular weight is 273 g/mol. The summed E-state index contributed by atoms with van der Waals surface area (Å²) in [5.74, 6) is -1.57. The van der Waals surface area contributed by atoms with E-state index in [9.17, 15) is 9.90 Å². The molecule has 0 fully saturated rings. The highest BCUT2D eigenvalue weighted by Gasteiger charge is 2.17. The molecule has 0 aromatic rings. The molecule has 0 saturated heterocycles. The molecule has 0 radical (unpaired) electrons. The topological polar surface area (TPSA) is 70.4 Å². The van der Waals surface area contributed by atoms with E-state index < -0.39 is 26.8 Å². The Hall–Kier alpha value is -0.710. The van der Waals surface area contributed by atoms with Crippen LogP contribution in [0.1, 0.15) is 6.92 Å². The molecule has 0 aromatic carbocycles. The Kier molecular flexibility index (Phi) is 6.40. The van der Waals surface area contributed by atoms with E-state index >= 15 is 0 Å². The van der Waals surface area contributed by atoms with Crippen molar-refractivity contribution in [2.24, 2.45) is 0 Å². The molecular weight excluding hydrogens is 264 g/mol. The van der Waals surface area contributed by atoms with Crippen LogP contribution in [0.5, 0.6) is 0 Å². The van der Waals surface area contributed by atoms with Crippen molar-refractivity contribution in [1.29, 1.82) is 5.41 Å². The molecule has 7 heteroatoms. The Bertz CT molecular complexity index is 332. The first-order valence-corrected chi connectivity index (χ1v) is 4.91. The van der Waals surface area contributed by atoms with E-state index in [4.69, 9.17) is 40.2 Å². The number of aliphatic hydroxyl groups is 1. The van der Waals surface area contributed by atoms with Crippen molar-refractivity contribution in [3.63, 3.8) is 0 Å². The number of nitrogens with one attached hydrogen (secondary N) is 1. The van der Waals surface area contributed by atoms with Crippen LogP contribution in [0, 0.1) is 5.41 Å². The molecule has 0 rings (SSSR count). The van der Waals surface area contributed by atoms with Crippen molar-refractivity contribution in [3.8, 4) is 0 Å². The van der Waals surface area contributed by atoms with Crippen molar-refractivity contribution in [2.45, 2.75) is 6.92 Å². The quantitative estimate of drug-likeness (QED) is 0.272. The van der Waals surface area contributed by atoms with Crippen LogP contribution < -0.4 is 0 Å². The number of allylic oxidation sites excluding steroid dienone is 1. The van der Waals surface area contributed by atoms with Crippen molar-refractivity contribution < 1.29 is 14.6 Å². The summed E-state index contributed by atoms with van der Waals surface area (Å²) in [4.78, 5) is 11.2. The first kappa shape index (κ1) is 14.3. The van der Waals surface area contributed by atoms with Crippen LogP contribution in [0.4, 0.5) is 0 Å². The minimum absolute atomic E-state index is 0.111. The van der Waals surface area contributed by atoms with Gasteiger partial charge in [-0.05, 0) is 6.92 Å². The van der Waals surface area contributed by atoms with E-state index in [1.807, 2.05) is 0 Å². The van der Waals surface area contributed by atoms with Gasteiger partial charge in [0.25, 0.3) is 0 Å². The number of esters is 1. The molecule has 0 heterocycles. The van der Waals surface area contributed by atoms with Gasteiger partial charge in [0.05, 0.1) is 6.61 Å². The Labute approximate surface area is 102 Å². The zero-order chi connectivity index (χ0) is 12.0. The van der Waals surface area contributed by atoms with E-state index in [0.29, 0.717) is 6.21 Å². The van der Waals surface area contributed by atoms with Crippen LogP contribution in [-0.4, -0.2) is 23.9 Å². The summed E-state index contributed by atoms with van der Waals surface area (Å²) in [7, 11) is 0. The molecule has 0 unspecified atom stereocenters. The predicted molar refractivity (Wildman–Crippen MR) is 59.7 cm³/mol. The first-order chi connectivity index (χ1) is 6.95. The highest BCUT2D eigenvalue weighted by molar-refractivity contribution is 6.60. The van der Waals surface area contributed by atoms with Gasteiger partial charge in [0.1, 0.15) is 15.1 Å². The number of hydrogen-bond donors (Lipinski definition) is 2. The van der Waals surface area contributed by atoms with Gasteiger partial charge >= 0.3 is 5.97 Å². The Morgan fingerprint density at radius 2 is 2.00 bits per heavy atom. The average Bonchev–Trinajstić information content (AvgIpc) is 2.17. The van der Waals surface area contributed by atoms with Gasteiger partial charge in [0, 0.05) is 6.21 Å². The van der Waals surface area contributed by atoms with Crippen molar-refractivity contribution >= 4 is 47.0 Å². The first-order valence-electron chi connectivity index (χ1n) is 3.77. The summed E-state index contributed by atoms with van der Waals surface area (Å²) < 4.78 is 4.17. The standard InChI is InChI=1S/C8H8Cl3NO3/c1-2-15-8(14)4(3-12)6(13)5(9)7(10)11/h3,12-13H,2H2,1H3/b6-4+,12-3?. The maximum atomic E-state index is 11.2. The van der Waals surface area contributed by atoms with Gasteiger partial charge in [0.2, 0.25) is 0 Å². The Morgan fingerprint density at radius 3 is 2.33 bits per heavy atom. The fourth-order valence-corrected chi connectivity index (χ4v) is 0.921. The summed E-state index contributed by atoms with van der Waals surface area (Å²) in [5, 5.41) is 15.9. The number of rotatable bonds is 4. The van der Waals surface area contributed by atoms with Crippen molar-refractivity contribution in [3.05, 3.63) is 20.9 Å². The Balaban J connectivity index is 5.25. The van der Waals surface area contributed by atoms with E-state index in [1.165, 1.54) is 0 Å². The lowest BCUT2D eigenvalue weighted by Crippen LogP contribution is -2.11. The third-order valence-electron chi connectivity index (χ3n) is 1.27. The molecule has 0 aliphatic carbocycles. The predicted octanol–water partition coefficient (Wildman–Crippen LogP) is 2.90. The van der Waals surface area contributed by atoms with Gasteiger partial charge in [-0.25, -0.2) is 4.79 Å². The van der Waals surface area contributed by atoms with Crippen molar-refractivity contribution in [2.75, 3.05) is 6.61 Å². The highest BCUT2D eigenvalue weighted by Crippen LogP contribution is 2.25. The molecule has 0 aliphatic rings. The van der Waals surface area contributed by atoms with Crippen LogP contribution in [0.25, 0.3) is 0 Å². The lowest BCUT2D eigenvalue weighted by atomic mass is 10.2. The molecular formula is C8H8Cl3NO3. The minimum atomic E-state index is -0.877. The van der Waals surface area contributed by atoms with E-state index in [0.717, 1.165) is 0 Å². The van der Waals surface area contributed by atoms with Gasteiger partial charge in [-0.2, -0.15) is 0 Å². The fraction of sp³-hybridized carbons (Fsp3) is 0.250. The molecule has 0 aromatic heterocycles. The van der Waals surface area contributed by atoms with Crippen molar-refractivity contribution in [1.82, 2.24) is 0 Å². The largest absolute Gasteiger partial charge is 0.505 e. The number of hydrogen-bond acceptors (Lipinski definition) is 4. The van der Waals surface area contributed by atoms with Crippen LogP contribution in [-0.2, 0) is 9.53 Å². The van der Waals surface area contributed by atoms with Gasteiger partial charge in [-0.1, -0.05) is 34.8 Å². The molecule has 4 nitrogen and oxygen atoms in total. The summed E-state index contributed by atoms with van der Waals surface area (Å²) >= 11 is 16.1. The number of aliphatic hydroxyl groups excluding tert-OH is 1. The summed E-state index contributed by atoms with van der Waals surface area (Å²) in [6, 6.07) is 0. The molecule has 84 valence electrons. The number of halogens is 3. The van der Waals surface area contributed by atoms with Crippen LogP contribution >= 0.6 is 34.8 Å². The van der Waals surface area contributed by atoms with Crippen LogP contribution in [0.2, 0.25) is 0 Å². The maximum Gasteiger partial charge on any atom is 0.343 e. The second kappa shape index (κ2) is 6.71. The molecule has 0 saturated carbocycles. The molecule has 15 heavy (non-hydrogen) atoms. The van der Waals surface area contributed by atoms with Gasteiger partial charge in [-0.15, -0.1) is 0 Å². The molecule has 0 bridgehead atoms. The fourth-order valence-electron chi connectivity index (χ4n) is 0.641. The second-order valence-electron chi connectivity index (χ2n) is 2.20. The monoisotopic (exact) mass is 271 g/mol. The lowest BCUT2D eigenvalue weighted by Gasteiger charge is -2.04. The third-order valence-corrected chi connectivity index (χ3v) is 2.21. The molecule has 0 aliphatic heterocycles. The molecule has 2 N–H and O–H groups in total. The summed E-state index contributed by atoms with van der Waals surface area (Å²) in [6.07, 6.45) is 0.604. The smallest absolute Gasteiger partial charge is 0.343 e. The molecule has 0 atom stereocenters. The molecule has 0 spiro atoms. The van der Waals surface area contributed by atoms with E-state index in [1.54, 1.807) is 6.92 Å². The number of carbonyl (C=O) groups excluding carboxylic acids is 1. The number of ether oxygens (including phenoxy) is 1. The van der Waals surface area contributed by atoms with Crippen LogP contribution in [0.3, 0.4) is 0 Å². The summed E-state index contributed by atoms with van der Waals surface area (Å²) in [6.45, 7) is 1.70. The SMILES string of the molecule is CCOC(=O)/C(C=N)=C(/O)C(Cl)=C(Cl)Cl. The lowest BCUT2D eigenvalue weighted by molar-refractivity contribution is -0.138. The van der Waals surface area contributed by atoms with Gasteiger partial charge in [-0.3, -0.25) is 0 Å². The zero-order valence-electron chi connectivity index (χ0n) is 7.68. The second-order valence-corrected chi connectivity index (χ2v) is 3.53. The van der Waals surface area contributed by atoms with E-state index in [-0.39, 0.29) is 6.61 Å². The molecule has 0 amide bonds. The maximum absolute atomic E-state index is 11.2.